The van der Waals surface area contributed by atoms with Gasteiger partial charge in [0.1, 0.15) is 12.4 Å². The lowest BCUT2D eigenvalue weighted by Crippen LogP contribution is -2.38. The zero-order valence-electron chi connectivity index (χ0n) is 13.9. The van der Waals surface area contributed by atoms with Gasteiger partial charge in [0.15, 0.2) is 11.5 Å². The summed E-state index contributed by atoms with van der Waals surface area (Å²) in [7, 11) is 1.59. The van der Waals surface area contributed by atoms with Gasteiger partial charge in [0.25, 0.3) is 0 Å². The molecule has 1 heterocycles. The quantitative estimate of drug-likeness (QED) is 0.885. The second-order valence-electron chi connectivity index (χ2n) is 5.90. The molecule has 1 atom stereocenters. The van der Waals surface area contributed by atoms with Crippen LogP contribution in [0.4, 0.5) is 4.39 Å². The molecule has 0 saturated heterocycles. The molecule has 0 aliphatic carbocycles. The highest BCUT2D eigenvalue weighted by atomic mass is 35.5. The fraction of sp³-hybridized carbons (Fsp3) is 0.316. The van der Waals surface area contributed by atoms with E-state index in [4.69, 9.17) is 21.1 Å². The average molecular weight is 364 g/mol. The van der Waals surface area contributed by atoms with Gasteiger partial charge in [-0.1, -0.05) is 29.8 Å². The molecule has 1 N–H and O–H groups in total. The fourth-order valence-electron chi connectivity index (χ4n) is 2.95. The zero-order chi connectivity index (χ0) is 17.8. The zero-order valence-corrected chi connectivity index (χ0v) is 14.6. The lowest BCUT2D eigenvalue weighted by atomic mass is 9.95. The monoisotopic (exact) mass is 363 g/mol. The van der Waals surface area contributed by atoms with Crippen LogP contribution in [0, 0.1) is 11.7 Å². The Hall–Kier alpha value is -2.27. The molecule has 0 saturated carbocycles. The number of hydrogen-bond acceptors (Lipinski definition) is 3. The summed E-state index contributed by atoms with van der Waals surface area (Å²) in [6, 6.07) is 10.2. The van der Waals surface area contributed by atoms with Gasteiger partial charge in [0, 0.05) is 17.1 Å². The van der Waals surface area contributed by atoms with Crippen LogP contribution in [0.1, 0.15) is 11.1 Å². The fourth-order valence-corrected chi connectivity index (χ4v) is 3.21. The molecule has 3 rings (SSSR count). The number of amides is 1. The molecule has 1 aliphatic heterocycles. The highest BCUT2D eigenvalue weighted by molar-refractivity contribution is 6.31. The first-order valence-corrected chi connectivity index (χ1v) is 8.47. The van der Waals surface area contributed by atoms with Crippen molar-refractivity contribution < 1.29 is 18.7 Å². The molecule has 0 aromatic heterocycles. The van der Waals surface area contributed by atoms with E-state index in [0.717, 1.165) is 5.56 Å². The molecule has 4 nitrogen and oxygen atoms in total. The SMILES string of the molecule is COc1cccc2c1OCC(C(=O)NCCc1c(F)cccc1Cl)C2. The molecule has 0 bridgehead atoms. The van der Waals surface area contributed by atoms with E-state index in [2.05, 4.69) is 5.32 Å². The Morgan fingerprint density at radius 3 is 2.92 bits per heavy atom. The topological polar surface area (TPSA) is 47.6 Å². The Kier molecular flexibility index (Phi) is 5.43. The molecule has 1 amide bonds. The minimum absolute atomic E-state index is 0.110. The highest BCUT2D eigenvalue weighted by Crippen LogP contribution is 2.36. The van der Waals surface area contributed by atoms with Crippen LogP contribution in [0.15, 0.2) is 36.4 Å². The third kappa shape index (κ3) is 3.87. The predicted octanol–water partition coefficient (Wildman–Crippen LogP) is 3.40. The summed E-state index contributed by atoms with van der Waals surface area (Å²) in [6.45, 7) is 0.612. The van der Waals surface area contributed by atoms with E-state index in [0.29, 0.717) is 48.1 Å². The molecule has 1 unspecified atom stereocenters. The van der Waals surface area contributed by atoms with Gasteiger partial charge in [0.05, 0.1) is 13.0 Å². The highest BCUT2D eigenvalue weighted by Gasteiger charge is 2.27. The molecule has 2 aromatic carbocycles. The number of carbonyl (C=O) groups excluding carboxylic acids is 1. The minimum Gasteiger partial charge on any atom is -0.493 e. The molecule has 0 spiro atoms. The van der Waals surface area contributed by atoms with Gasteiger partial charge in [-0.15, -0.1) is 0 Å². The Balaban J connectivity index is 1.58. The number of para-hydroxylation sites is 1. The summed E-state index contributed by atoms with van der Waals surface area (Å²) >= 11 is 5.99. The number of fused-ring (bicyclic) bond motifs is 1. The van der Waals surface area contributed by atoms with E-state index in [1.807, 2.05) is 18.2 Å². The van der Waals surface area contributed by atoms with Gasteiger partial charge in [0.2, 0.25) is 5.91 Å². The standard InChI is InChI=1S/C19H19ClFNO3/c1-24-17-7-2-4-12-10-13(11-25-18(12)17)19(23)22-9-8-14-15(20)5-3-6-16(14)21/h2-7,13H,8-11H2,1H3,(H,22,23). The van der Waals surface area contributed by atoms with Crippen LogP contribution in [0.3, 0.4) is 0 Å². The lowest BCUT2D eigenvalue weighted by molar-refractivity contribution is -0.126. The number of benzene rings is 2. The van der Waals surface area contributed by atoms with Crippen molar-refractivity contribution >= 4 is 17.5 Å². The minimum atomic E-state index is -0.358. The van der Waals surface area contributed by atoms with Gasteiger partial charge < -0.3 is 14.8 Å². The predicted molar refractivity (Wildman–Crippen MR) is 93.8 cm³/mol. The summed E-state index contributed by atoms with van der Waals surface area (Å²) in [6.07, 6.45) is 0.925. The van der Waals surface area contributed by atoms with E-state index >= 15 is 0 Å². The van der Waals surface area contributed by atoms with Crippen LogP contribution in [-0.2, 0) is 17.6 Å². The van der Waals surface area contributed by atoms with E-state index in [-0.39, 0.29) is 17.6 Å². The second-order valence-corrected chi connectivity index (χ2v) is 6.31. The largest absolute Gasteiger partial charge is 0.493 e. The molecular formula is C19H19ClFNO3. The number of nitrogens with one attached hydrogen (secondary N) is 1. The number of rotatable bonds is 5. The normalized spacial score (nSPS) is 15.9. The number of halogens is 2. The van der Waals surface area contributed by atoms with Crippen molar-refractivity contribution in [3.8, 4) is 11.5 Å². The summed E-state index contributed by atoms with van der Waals surface area (Å²) in [4.78, 5) is 12.4. The third-order valence-electron chi connectivity index (χ3n) is 4.28. The lowest BCUT2D eigenvalue weighted by Gasteiger charge is -2.25. The van der Waals surface area contributed by atoms with Crippen LogP contribution < -0.4 is 14.8 Å². The van der Waals surface area contributed by atoms with Crippen molar-refractivity contribution in [1.82, 2.24) is 5.32 Å². The average Bonchev–Trinajstić information content (AvgIpc) is 2.63. The summed E-state index contributed by atoms with van der Waals surface area (Å²) in [5.41, 5.74) is 1.36. The first kappa shape index (κ1) is 17.5. The van der Waals surface area contributed by atoms with E-state index in [9.17, 15) is 9.18 Å². The Bertz CT molecular complexity index is 761. The Morgan fingerprint density at radius 1 is 1.36 bits per heavy atom. The first-order valence-electron chi connectivity index (χ1n) is 8.09. The molecule has 0 radical (unpaired) electrons. The van der Waals surface area contributed by atoms with Gasteiger partial charge in [-0.05, 0) is 36.6 Å². The molecule has 132 valence electrons. The van der Waals surface area contributed by atoms with Gasteiger partial charge in [-0.25, -0.2) is 4.39 Å². The van der Waals surface area contributed by atoms with Crippen molar-refractivity contribution in [1.29, 1.82) is 0 Å². The first-order chi connectivity index (χ1) is 12.1. The van der Waals surface area contributed by atoms with Crippen molar-refractivity contribution in [2.45, 2.75) is 12.8 Å². The number of methoxy groups -OCH3 is 1. The molecule has 25 heavy (non-hydrogen) atoms. The number of carbonyl (C=O) groups is 1. The second kappa shape index (κ2) is 7.74. The van der Waals surface area contributed by atoms with Crippen LogP contribution in [0.25, 0.3) is 0 Å². The smallest absolute Gasteiger partial charge is 0.226 e. The van der Waals surface area contributed by atoms with Gasteiger partial charge in [-0.2, -0.15) is 0 Å². The van der Waals surface area contributed by atoms with Gasteiger partial charge in [-0.3, -0.25) is 4.79 Å². The summed E-state index contributed by atoms with van der Waals surface area (Å²) in [5.74, 6) is 0.623. The number of hydrogen-bond donors (Lipinski definition) is 1. The maximum atomic E-state index is 13.7. The Labute approximate surface area is 150 Å². The van der Waals surface area contributed by atoms with E-state index in [1.54, 1.807) is 19.2 Å². The Morgan fingerprint density at radius 2 is 2.16 bits per heavy atom. The third-order valence-corrected chi connectivity index (χ3v) is 4.64. The molecule has 0 fully saturated rings. The van der Waals surface area contributed by atoms with Gasteiger partial charge >= 0.3 is 0 Å². The van der Waals surface area contributed by atoms with Crippen LogP contribution in [0.5, 0.6) is 11.5 Å². The molecular weight excluding hydrogens is 345 g/mol. The van der Waals surface area contributed by atoms with Crippen LogP contribution in [-0.4, -0.2) is 26.2 Å². The van der Waals surface area contributed by atoms with Crippen LogP contribution >= 0.6 is 11.6 Å². The number of ether oxygens (including phenoxy) is 2. The molecule has 1 aliphatic rings. The van der Waals surface area contributed by atoms with Crippen molar-refractivity contribution in [2.24, 2.45) is 5.92 Å². The molecule has 2 aromatic rings. The van der Waals surface area contributed by atoms with Crippen LogP contribution in [0.2, 0.25) is 5.02 Å². The summed E-state index contributed by atoms with van der Waals surface area (Å²) < 4.78 is 24.7. The van der Waals surface area contributed by atoms with Crippen molar-refractivity contribution in [3.63, 3.8) is 0 Å². The maximum absolute atomic E-state index is 13.7. The maximum Gasteiger partial charge on any atom is 0.226 e. The molecule has 6 heteroatoms. The van der Waals surface area contributed by atoms with Crippen molar-refractivity contribution in [2.75, 3.05) is 20.3 Å². The van der Waals surface area contributed by atoms with E-state index in [1.165, 1.54) is 6.07 Å². The summed E-state index contributed by atoms with van der Waals surface area (Å²) in [5, 5.41) is 3.21. The van der Waals surface area contributed by atoms with Crippen molar-refractivity contribution in [3.05, 3.63) is 58.4 Å². The van der Waals surface area contributed by atoms with E-state index < -0.39 is 0 Å².